The van der Waals surface area contributed by atoms with Crippen molar-refractivity contribution in [2.24, 2.45) is 5.41 Å². The number of benzene rings is 1. The molecule has 0 aromatic heterocycles. The standard InChI is InChI=1S/C28H41N3O8/c1-5-37-25(34)11-13-29-12-8-20-6-7-23(16-21(20)17-29)31(24(33)18-32)22-9-14-30(15-10-22)27(36)39-19-38-26(35)28(2,3)4/h6-7,16,22,32H,5,8-15,17-19H2,1-4H3. The Balaban J connectivity index is 1.60. The summed E-state index contributed by atoms with van der Waals surface area (Å²) < 4.78 is 15.1. The first-order chi connectivity index (χ1) is 18.5. The van der Waals surface area contributed by atoms with Crippen molar-refractivity contribution in [3.05, 3.63) is 29.3 Å². The third-order valence-corrected chi connectivity index (χ3v) is 6.97. The maximum Gasteiger partial charge on any atom is 0.412 e. The Bertz CT molecular complexity index is 1030. The molecule has 0 aliphatic carbocycles. The van der Waals surface area contributed by atoms with Gasteiger partial charge in [0.25, 0.3) is 5.91 Å². The summed E-state index contributed by atoms with van der Waals surface area (Å²) in [5.41, 5.74) is 2.30. The van der Waals surface area contributed by atoms with E-state index in [1.165, 1.54) is 10.5 Å². The third kappa shape index (κ3) is 8.40. The first kappa shape index (κ1) is 30.4. The van der Waals surface area contributed by atoms with E-state index in [9.17, 15) is 24.3 Å². The fraction of sp³-hybridized carbons (Fsp3) is 0.643. The molecule has 11 nitrogen and oxygen atoms in total. The lowest BCUT2D eigenvalue weighted by atomic mass is 9.97. The van der Waals surface area contributed by atoms with Crippen LogP contribution in [0.15, 0.2) is 18.2 Å². The molecule has 1 saturated heterocycles. The number of ether oxygens (including phenoxy) is 3. The number of aliphatic hydroxyl groups excluding tert-OH is 1. The number of esters is 2. The highest BCUT2D eigenvalue weighted by Crippen LogP contribution is 2.29. The van der Waals surface area contributed by atoms with E-state index in [2.05, 4.69) is 4.90 Å². The topological polar surface area (TPSA) is 126 Å². The average Bonchev–Trinajstić information content (AvgIpc) is 2.91. The Morgan fingerprint density at radius 2 is 1.74 bits per heavy atom. The minimum absolute atomic E-state index is 0.200. The van der Waals surface area contributed by atoms with Gasteiger partial charge in [0, 0.05) is 44.5 Å². The highest BCUT2D eigenvalue weighted by molar-refractivity contribution is 5.95. The predicted octanol–water partition coefficient (Wildman–Crippen LogP) is 2.47. The number of piperidine rings is 1. The quantitative estimate of drug-likeness (QED) is 0.366. The maximum absolute atomic E-state index is 12.8. The monoisotopic (exact) mass is 547 g/mol. The van der Waals surface area contributed by atoms with E-state index < -0.39 is 36.8 Å². The van der Waals surface area contributed by atoms with E-state index in [1.807, 2.05) is 18.2 Å². The molecule has 216 valence electrons. The van der Waals surface area contributed by atoms with E-state index in [-0.39, 0.29) is 12.0 Å². The van der Waals surface area contributed by atoms with Gasteiger partial charge in [0.05, 0.1) is 18.4 Å². The van der Waals surface area contributed by atoms with E-state index in [0.717, 1.165) is 18.5 Å². The molecule has 0 radical (unpaired) electrons. The second kappa shape index (κ2) is 13.7. The number of likely N-dealkylation sites (tertiary alicyclic amines) is 1. The Labute approximate surface area is 230 Å². The molecule has 0 saturated carbocycles. The van der Waals surface area contributed by atoms with Crippen molar-refractivity contribution in [1.29, 1.82) is 0 Å². The van der Waals surface area contributed by atoms with Crippen LogP contribution in [0.2, 0.25) is 0 Å². The lowest BCUT2D eigenvalue weighted by molar-refractivity contribution is -0.162. The summed E-state index contributed by atoms with van der Waals surface area (Å²) in [5, 5.41) is 9.71. The fourth-order valence-electron chi connectivity index (χ4n) is 4.81. The number of rotatable bonds is 9. The molecule has 39 heavy (non-hydrogen) atoms. The molecule has 0 atom stereocenters. The van der Waals surface area contributed by atoms with Crippen LogP contribution in [0.3, 0.4) is 0 Å². The van der Waals surface area contributed by atoms with Gasteiger partial charge in [-0.05, 0) is 70.2 Å². The van der Waals surface area contributed by atoms with Crippen molar-refractivity contribution < 1.29 is 38.5 Å². The second-order valence-electron chi connectivity index (χ2n) is 10.9. The van der Waals surface area contributed by atoms with Gasteiger partial charge in [0.1, 0.15) is 6.61 Å². The van der Waals surface area contributed by atoms with Crippen LogP contribution in [-0.4, -0.2) is 91.1 Å². The number of fused-ring (bicyclic) bond motifs is 1. The number of anilines is 1. The molecule has 2 aliphatic heterocycles. The Morgan fingerprint density at radius 1 is 1.03 bits per heavy atom. The number of hydrogen-bond donors (Lipinski definition) is 1. The number of aliphatic hydroxyl groups is 1. The highest BCUT2D eigenvalue weighted by atomic mass is 16.7. The van der Waals surface area contributed by atoms with Crippen LogP contribution in [0.4, 0.5) is 10.5 Å². The summed E-state index contributed by atoms with van der Waals surface area (Å²) >= 11 is 0. The molecule has 0 bridgehead atoms. The Hall–Kier alpha value is -3.18. The van der Waals surface area contributed by atoms with Crippen molar-refractivity contribution in [3.8, 4) is 0 Å². The lowest BCUT2D eigenvalue weighted by Crippen LogP contribution is -2.50. The van der Waals surface area contributed by atoms with Gasteiger partial charge in [0.15, 0.2) is 0 Å². The predicted molar refractivity (Wildman–Crippen MR) is 143 cm³/mol. The molecular weight excluding hydrogens is 506 g/mol. The van der Waals surface area contributed by atoms with Gasteiger partial charge < -0.3 is 29.1 Å². The van der Waals surface area contributed by atoms with Gasteiger partial charge in [-0.15, -0.1) is 0 Å². The smallest absolute Gasteiger partial charge is 0.412 e. The number of amides is 2. The first-order valence-electron chi connectivity index (χ1n) is 13.5. The Kier molecular flexibility index (Phi) is 10.7. The van der Waals surface area contributed by atoms with Crippen LogP contribution in [0.5, 0.6) is 0 Å². The van der Waals surface area contributed by atoms with Gasteiger partial charge in [-0.3, -0.25) is 19.3 Å². The third-order valence-electron chi connectivity index (χ3n) is 6.97. The minimum Gasteiger partial charge on any atom is -0.466 e. The van der Waals surface area contributed by atoms with Crippen molar-refractivity contribution in [1.82, 2.24) is 9.80 Å². The first-order valence-corrected chi connectivity index (χ1v) is 13.5. The molecule has 0 spiro atoms. The van der Waals surface area contributed by atoms with Crippen LogP contribution >= 0.6 is 0 Å². The van der Waals surface area contributed by atoms with Gasteiger partial charge >= 0.3 is 18.0 Å². The van der Waals surface area contributed by atoms with Gasteiger partial charge in [-0.25, -0.2) is 4.79 Å². The summed E-state index contributed by atoms with van der Waals surface area (Å²) in [6.07, 6.45) is 1.61. The van der Waals surface area contributed by atoms with E-state index in [1.54, 1.807) is 32.6 Å². The minimum atomic E-state index is -0.689. The summed E-state index contributed by atoms with van der Waals surface area (Å²) in [6, 6.07) is 5.72. The SMILES string of the molecule is CCOC(=O)CCN1CCc2ccc(N(C(=O)CO)C3CCN(C(=O)OCOC(=O)C(C)(C)C)CC3)cc2C1. The van der Waals surface area contributed by atoms with E-state index in [4.69, 9.17) is 14.2 Å². The number of nitrogens with zero attached hydrogens (tertiary/aromatic N) is 3. The van der Waals surface area contributed by atoms with Gasteiger partial charge in [0.2, 0.25) is 6.79 Å². The number of carbonyl (C=O) groups is 4. The number of hydrogen-bond acceptors (Lipinski definition) is 9. The molecule has 2 aliphatic rings. The molecule has 1 fully saturated rings. The zero-order valence-electron chi connectivity index (χ0n) is 23.4. The number of carbonyl (C=O) groups excluding carboxylic acids is 4. The zero-order valence-corrected chi connectivity index (χ0v) is 23.4. The highest BCUT2D eigenvalue weighted by Gasteiger charge is 2.32. The molecule has 1 aromatic carbocycles. The lowest BCUT2D eigenvalue weighted by Gasteiger charge is -2.38. The molecule has 2 heterocycles. The molecule has 1 N–H and O–H groups in total. The van der Waals surface area contributed by atoms with Crippen LogP contribution in [0.25, 0.3) is 0 Å². The molecule has 3 rings (SSSR count). The zero-order chi connectivity index (χ0) is 28.6. The average molecular weight is 548 g/mol. The van der Waals surface area contributed by atoms with Gasteiger partial charge in [-0.2, -0.15) is 0 Å². The molecule has 1 aromatic rings. The molecule has 11 heteroatoms. The van der Waals surface area contributed by atoms with Crippen LogP contribution < -0.4 is 4.90 Å². The molecule has 2 amide bonds. The molecular formula is C28H41N3O8. The Morgan fingerprint density at radius 3 is 2.38 bits per heavy atom. The van der Waals surface area contributed by atoms with Crippen LogP contribution in [0, 0.1) is 5.41 Å². The van der Waals surface area contributed by atoms with E-state index in [0.29, 0.717) is 57.7 Å². The summed E-state index contributed by atoms with van der Waals surface area (Å²) in [7, 11) is 0. The summed E-state index contributed by atoms with van der Waals surface area (Å²) in [6.45, 7) is 9.06. The molecule has 0 unspecified atom stereocenters. The summed E-state index contributed by atoms with van der Waals surface area (Å²) in [4.78, 5) is 54.3. The van der Waals surface area contributed by atoms with Crippen LogP contribution in [-0.2, 0) is 41.6 Å². The van der Waals surface area contributed by atoms with Crippen molar-refractivity contribution in [3.63, 3.8) is 0 Å². The summed E-state index contributed by atoms with van der Waals surface area (Å²) in [5.74, 6) is -1.07. The largest absolute Gasteiger partial charge is 0.466 e. The fourth-order valence-corrected chi connectivity index (χ4v) is 4.81. The van der Waals surface area contributed by atoms with Crippen LogP contribution in [0.1, 0.15) is 58.1 Å². The van der Waals surface area contributed by atoms with Gasteiger partial charge in [-0.1, -0.05) is 6.07 Å². The normalized spacial score (nSPS) is 16.3. The van der Waals surface area contributed by atoms with E-state index >= 15 is 0 Å². The second-order valence-corrected chi connectivity index (χ2v) is 10.9. The maximum atomic E-state index is 12.8. The van der Waals surface area contributed by atoms with Crippen molar-refractivity contribution in [2.75, 3.05) is 51.1 Å². The van der Waals surface area contributed by atoms with Crippen molar-refractivity contribution in [2.45, 2.75) is 66.0 Å². The van der Waals surface area contributed by atoms with Crippen molar-refractivity contribution >= 4 is 29.6 Å².